The van der Waals surface area contributed by atoms with Crippen LogP contribution in [0.3, 0.4) is 0 Å². The maximum absolute atomic E-state index is 10.2. The van der Waals surface area contributed by atoms with Crippen molar-refractivity contribution in [1.82, 2.24) is 0 Å². The van der Waals surface area contributed by atoms with Crippen LogP contribution in [0.1, 0.15) is 51.4 Å². The Balaban J connectivity index is 3.16. The highest BCUT2D eigenvalue weighted by Gasteiger charge is 2.08. The number of unbranched alkanes of at least 4 members (excludes halogenated alkanes) is 5. The molecule has 0 saturated heterocycles. The highest BCUT2D eigenvalue weighted by atomic mass is 16.4. The average Bonchev–Trinajstić information content (AvgIpc) is 2.15. The third-order valence-corrected chi connectivity index (χ3v) is 2.36. The Morgan fingerprint density at radius 1 is 1.20 bits per heavy atom. The van der Waals surface area contributed by atoms with E-state index < -0.39 is 12.1 Å². The minimum Gasteiger partial charge on any atom is -0.481 e. The van der Waals surface area contributed by atoms with Crippen molar-refractivity contribution in [2.24, 2.45) is 0 Å². The van der Waals surface area contributed by atoms with E-state index in [1.807, 2.05) is 6.08 Å². The van der Waals surface area contributed by atoms with Gasteiger partial charge in [0, 0.05) is 0 Å². The summed E-state index contributed by atoms with van der Waals surface area (Å²) in [6.45, 7) is 3.66. The van der Waals surface area contributed by atoms with Crippen LogP contribution in [0.5, 0.6) is 0 Å². The third kappa shape index (κ3) is 11.1. The highest BCUT2D eigenvalue weighted by Crippen LogP contribution is 2.10. The van der Waals surface area contributed by atoms with Gasteiger partial charge in [0.25, 0.3) is 0 Å². The van der Waals surface area contributed by atoms with Crippen molar-refractivity contribution in [3.8, 4) is 0 Å². The molecule has 2 N–H and O–H groups in total. The number of allylic oxidation sites excluding steroid dienone is 1. The summed E-state index contributed by atoms with van der Waals surface area (Å²) in [7, 11) is 0. The summed E-state index contributed by atoms with van der Waals surface area (Å²) in [5.41, 5.74) is 0. The number of carboxylic acid groups (broad SMARTS) is 1. The van der Waals surface area contributed by atoms with Gasteiger partial charge in [0.2, 0.25) is 0 Å². The van der Waals surface area contributed by atoms with Gasteiger partial charge in [-0.25, -0.2) is 0 Å². The van der Waals surface area contributed by atoms with Crippen LogP contribution in [0.25, 0.3) is 0 Å². The zero-order valence-corrected chi connectivity index (χ0v) is 9.32. The summed E-state index contributed by atoms with van der Waals surface area (Å²) in [6.07, 6.45) is 8.34. The fourth-order valence-corrected chi connectivity index (χ4v) is 1.50. The second kappa shape index (κ2) is 9.71. The SMILES string of the molecule is C=CCCCCCCCC(O)CC(=O)O. The molecule has 15 heavy (non-hydrogen) atoms. The van der Waals surface area contributed by atoms with E-state index in [2.05, 4.69) is 6.58 Å². The standard InChI is InChI=1S/C12H22O3/c1-2-3-4-5-6-7-8-9-11(13)10-12(14)15/h2,11,13H,1,3-10H2,(H,14,15). The number of hydrogen-bond acceptors (Lipinski definition) is 2. The lowest BCUT2D eigenvalue weighted by molar-refractivity contribution is -0.139. The Bertz CT molecular complexity index is 178. The minimum absolute atomic E-state index is 0.129. The van der Waals surface area contributed by atoms with Gasteiger partial charge in [-0.05, 0) is 19.3 Å². The van der Waals surface area contributed by atoms with Crippen molar-refractivity contribution in [1.29, 1.82) is 0 Å². The van der Waals surface area contributed by atoms with Crippen LogP contribution in [-0.4, -0.2) is 22.3 Å². The van der Waals surface area contributed by atoms with Crippen molar-refractivity contribution in [3.63, 3.8) is 0 Å². The maximum Gasteiger partial charge on any atom is 0.305 e. The van der Waals surface area contributed by atoms with Gasteiger partial charge >= 0.3 is 5.97 Å². The molecule has 3 heteroatoms. The van der Waals surface area contributed by atoms with Crippen LogP contribution in [0.2, 0.25) is 0 Å². The van der Waals surface area contributed by atoms with Gasteiger partial charge in [-0.2, -0.15) is 0 Å². The fourth-order valence-electron chi connectivity index (χ4n) is 1.50. The first-order valence-corrected chi connectivity index (χ1v) is 5.67. The molecule has 0 aromatic rings. The number of carboxylic acids is 1. The lowest BCUT2D eigenvalue weighted by Crippen LogP contribution is -2.12. The van der Waals surface area contributed by atoms with Crippen molar-refractivity contribution in [2.75, 3.05) is 0 Å². The Morgan fingerprint density at radius 3 is 2.40 bits per heavy atom. The first-order chi connectivity index (χ1) is 7.16. The number of aliphatic hydroxyl groups is 1. The molecule has 0 rings (SSSR count). The second-order valence-corrected chi connectivity index (χ2v) is 3.89. The Hall–Kier alpha value is -0.830. The maximum atomic E-state index is 10.2. The van der Waals surface area contributed by atoms with Gasteiger partial charge in [-0.15, -0.1) is 6.58 Å². The van der Waals surface area contributed by atoms with E-state index in [0.29, 0.717) is 6.42 Å². The number of aliphatic hydroxyl groups excluding tert-OH is 1. The summed E-state index contributed by atoms with van der Waals surface area (Å²) in [5.74, 6) is -0.923. The molecule has 0 aliphatic rings. The van der Waals surface area contributed by atoms with Crippen LogP contribution >= 0.6 is 0 Å². The zero-order valence-electron chi connectivity index (χ0n) is 9.32. The molecule has 0 radical (unpaired) electrons. The second-order valence-electron chi connectivity index (χ2n) is 3.89. The van der Waals surface area contributed by atoms with Crippen molar-refractivity contribution in [2.45, 2.75) is 57.5 Å². The van der Waals surface area contributed by atoms with E-state index in [4.69, 9.17) is 5.11 Å². The van der Waals surface area contributed by atoms with Crippen molar-refractivity contribution >= 4 is 5.97 Å². The van der Waals surface area contributed by atoms with E-state index in [9.17, 15) is 9.90 Å². The van der Waals surface area contributed by atoms with Crippen LogP contribution in [0.15, 0.2) is 12.7 Å². The molecular formula is C12H22O3. The largest absolute Gasteiger partial charge is 0.481 e. The number of hydrogen-bond donors (Lipinski definition) is 2. The minimum atomic E-state index is -0.923. The van der Waals surface area contributed by atoms with E-state index in [1.54, 1.807) is 0 Å². The molecule has 1 unspecified atom stereocenters. The molecule has 0 heterocycles. The molecule has 1 atom stereocenters. The van der Waals surface area contributed by atoms with Gasteiger partial charge in [0.15, 0.2) is 0 Å². The molecule has 0 fully saturated rings. The lowest BCUT2D eigenvalue weighted by Gasteiger charge is -2.06. The van der Waals surface area contributed by atoms with E-state index >= 15 is 0 Å². The van der Waals surface area contributed by atoms with Crippen molar-refractivity contribution < 1.29 is 15.0 Å². The van der Waals surface area contributed by atoms with Crippen LogP contribution < -0.4 is 0 Å². The molecule has 88 valence electrons. The molecule has 0 aliphatic carbocycles. The monoisotopic (exact) mass is 214 g/mol. The predicted octanol–water partition coefficient (Wildman–Crippen LogP) is 2.74. The number of carbonyl (C=O) groups is 1. The molecule has 3 nitrogen and oxygen atoms in total. The first-order valence-electron chi connectivity index (χ1n) is 5.67. The topological polar surface area (TPSA) is 57.5 Å². The number of rotatable bonds is 10. The van der Waals surface area contributed by atoms with E-state index in [1.165, 1.54) is 12.8 Å². The van der Waals surface area contributed by atoms with E-state index in [-0.39, 0.29) is 6.42 Å². The lowest BCUT2D eigenvalue weighted by atomic mass is 10.1. The van der Waals surface area contributed by atoms with Gasteiger partial charge < -0.3 is 10.2 Å². The summed E-state index contributed by atoms with van der Waals surface area (Å²) in [6, 6.07) is 0. The molecule has 0 aromatic carbocycles. The van der Waals surface area contributed by atoms with Gasteiger partial charge in [-0.1, -0.05) is 31.8 Å². The summed E-state index contributed by atoms with van der Waals surface area (Å²) in [5, 5.41) is 17.7. The molecule has 0 bridgehead atoms. The zero-order chi connectivity index (χ0) is 11.5. The molecule has 0 aliphatic heterocycles. The quantitative estimate of drug-likeness (QED) is 0.434. The van der Waals surface area contributed by atoms with Crippen LogP contribution in [-0.2, 0) is 4.79 Å². The van der Waals surface area contributed by atoms with Crippen molar-refractivity contribution in [3.05, 3.63) is 12.7 Å². The first kappa shape index (κ1) is 14.2. The number of aliphatic carboxylic acids is 1. The van der Waals surface area contributed by atoms with Gasteiger partial charge in [-0.3, -0.25) is 4.79 Å². The fraction of sp³-hybridized carbons (Fsp3) is 0.750. The molecule has 0 amide bonds. The molecule has 0 spiro atoms. The van der Waals surface area contributed by atoms with E-state index in [0.717, 1.165) is 25.7 Å². The summed E-state index contributed by atoms with van der Waals surface area (Å²) < 4.78 is 0. The predicted molar refractivity (Wildman–Crippen MR) is 60.8 cm³/mol. The summed E-state index contributed by atoms with van der Waals surface area (Å²) >= 11 is 0. The van der Waals surface area contributed by atoms with Crippen LogP contribution in [0.4, 0.5) is 0 Å². The van der Waals surface area contributed by atoms with Crippen LogP contribution in [0, 0.1) is 0 Å². The molecule has 0 aromatic heterocycles. The average molecular weight is 214 g/mol. The third-order valence-electron chi connectivity index (χ3n) is 2.36. The Labute approximate surface area is 91.8 Å². The Morgan fingerprint density at radius 2 is 1.80 bits per heavy atom. The highest BCUT2D eigenvalue weighted by molar-refractivity contribution is 5.67. The normalized spacial score (nSPS) is 12.3. The molecular weight excluding hydrogens is 192 g/mol. The molecule has 0 saturated carbocycles. The smallest absolute Gasteiger partial charge is 0.305 e. The van der Waals surface area contributed by atoms with Gasteiger partial charge in [0.1, 0.15) is 0 Å². The summed E-state index contributed by atoms with van der Waals surface area (Å²) in [4.78, 5) is 10.2. The van der Waals surface area contributed by atoms with Gasteiger partial charge in [0.05, 0.1) is 12.5 Å². The Kier molecular flexibility index (Phi) is 9.18.